The van der Waals surface area contributed by atoms with E-state index < -0.39 is 0 Å². The van der Waals surface area contributed by atoms with E-state index in [2.05, 4.69) is 20.4 Å². The van der Waals surface area contributed by atoms with E-state index in [-0.39, 0.29) is 11.9 Å². The Labute approximate surface area is 143 Å². The van der Waals surface area contributed by atoms with Gasteiger partial charge in [0.2, 0.25) is 0 Å². The van der Waals surface area contributed by atoms with Crippen LogP contribution in [0.4, 0.5) is 0 Å². The number of fused-ring (bicyclic) bond motifs is 1. The fraction of sp³-hybridized carbons (Fsp3) is 0.294. The number of rotatable bonds is 3. The molecule has 24 heavy (non-hydrogen) atoms. The van der Waals surface area contributed by atoms with Gasteiger partial charge in [-0.25, -0.2) is 14.6 Å². The molecular formula is C17H17N5OS. The Morgan fingerprint density at radius 3 is 3.00 bits per heavy atom. The lowest BCUT2D eigenvalue weighted by Gasteiger charge is -2.23. The van der Waals surface area contributed by atoms with Crippen molar-refractivity contribution in [2.45, 2.75) is 32.4 Å². The summed E-state index contributed by atoms with van der Waals surface area (Å²) in [7, 11) is 0. The molecule has 0 fully saturated rings. The van der Waals surface area contributed by atoms with Crippen LogP contribution < -0.4 is 5.32 Å². The maximum atomic E-state index is 12.7. The third kappa shape index (κ3) is 2.82. The van der Waals surface area contributed by atoms with Crippen LogP contribution in [0.25, 0.3) is 10.4 Å². The number of nitrogens with one attached hydrogen (secondary N) is 1. The van der Waals surface area contributed by atoms with Gasteiger partial charge >= 0.3 is 0 Å². The van der Waals surface area contributed by atoms with E-state index in [9.17, 15) is 4.79 Å². The molecule has 1 aliphatic heterocycles. The molecule has 0 bridgehead atoms. The third-order valence-corrected chi connectivity index (χ3v) is 4.99. The van der Waals surface area contributed by atoms with E-state index in [1.807, 2.05) is 41.9 Å². The second-order valence-corrected chi connectivity index (χ2v) is 6.72. The first-order valence-corrected chi connectivity index (χ1v) is 8.79. The van der Waals surface area contributed by atoms with Crippen molar-refractivity contribution in [1.29, 1.82) is 0 Å². The third-order valence-electron chi connectivity index (χ3n) is 4.12. The fourth-order valence-electron chi connectivity index (χ4n) is 3.01. The van der Waals surface area contributed by atoms with E-state index >= 15 is 0 Å². The Bertz CT molecular complexity index is 870. The summed E-state index contributed by atoms with van der Waals surface area (Å²) in [6.45, 7) is 2.55. The van der Waals surface area contributed by atoms with Gasteiger partial charge in [-0.05, 0) is 18.9 Å². The van der Waals surface area contributed by atoms with Gasteiger partial charge in [-0.3, -0.25) is 4.79 Å². The van der Waals surface area contributed by atoms with E-state index in [1.165, 1.54) is 11.3 Å². The van der Waals surface area contributed by atoms with Crippen molar-refractivity contribution < 1.29 is 4.79 Å². The first-order chi connectivity index (χ1) is 11.7. The van der Waals surface area contributed by atoms with Crippen LogP contribution in [0.1, 0.15) is 28.6 Å². The molecule has 4 rings (SSSR count). The first kappa shape index (κ1) is 15.0. The number of hydrogen-bond acceptors (Lipinski definition) is 5. The number of hydrogen-bond donors (Lipinski definition) is 1. The predicted molar refractivity (Wildman–Crippen MR) is 91.9 cm³/mol. The van der Waals surface area contributed by atoms with Gasteiger partial charge in [-0.2, -0.15) is 5.10 Å². The smallest absolute Gasteiger partial charge is 0.271 e. The van der Waals surface area contributed by atoms with Gasteiger partial charge in [0, 0.05) is 12.5 Å². The molecule has 0 unspecified atom stereocenters. The molecule has 2 aromatic heterocycles. The highest BCUT2D eigenvalue weighted by Gasteiger charge is 2.24. The van der Waals surface area contributed by atoms with Crippen LogP contribution in [0.5, 0.6) is 0 Å². The Balaban J connectivity index is 1.51. The molecule has 0 aliphatic carbocycles. The van der Waals surface area contributed by atoms with Gasteiger partial charge in [-0.15, -0.1) is 11.3 Å². The Morgan fingerprint density at radius 1 is 1.33 bits per heavy atom. The molecule has 0 saturated carbocycles. The second-order valence-electron chi connectivity index (χ2n) is 5.86. The molecule has 3 heterocycles. The Kier molecular flexibility index (Phi) is 3.86. The van der Waals surface area contributed by atoms with Gasteiger partial charge < -0.3 is 5.32 Å². The normalized spacial score (nSPS) is 16.6. The lowest BCUT2D eigenvalue weighted by atomic mass is 10.1. The van der Waals surface area contributed by atoms with Crippen molar-refractivity contribution in [2.24, 2.45) is 0 Å². The minimum Gasteiger partial charge on any atom is -0.346 e. The number of carbonyl (C=O) groups is 1. The summed E-state index contributed by atoms with van der Waals surface area (Å²) in [5.41, 5.74) is 3.23. The average Bonchev–Trinajstić information content (AvgIpc) is 3.21. The molecule has 122 valence electrons. The SMILES string of the molecule is Cc1nc2n(n1)C[C@H](NC(=O)c1ncsc1-c1ccccc1)CC2. The first-order valence-electron chi connectivity index (χ1n) is 7.91. The van der Waals surface area contributed by atoms with Crippen molar-refractivity contribution in [3.05, 3.63) is 53.2 Å². The van der Waals surface area contributed by atoms with Crippen LogP contribution in [0, 0.1) is 6.92 Å². The van der Waals surface area contributed by atoms with Crippen molar-refractivity contribution in [2.75, 3.05) is 0 Å². The van der Waals surface area contributed by atoms with Gasteiger partial charge in [0.15, 0.2) is 0 Å². The summed E-state index contributed by atoms with van der Waals surface area (Å²) < 4.78 is 1.89. The quantitative estimate of drug-likeness (QED) is 0.795. The number of thiazole rings is 1. The highest BCUT2D eigenvalue weighted by molar-refractivity contribution is 7.13. The van der Waals surface area contributed by atoms with Crippen molar-refractivity contribution in [1.82, 2.24) is 25.1 Å². The number of aryl methyl sites for hydroxylation is 2. The molecule has 3 aromatic rings. The predicted octanol–water partition coefficient (Wildman–Crippen LogP) is 2.45. The maximum absolute atomic E-state index is 12.7. The van der Waals surface area contributed by atoms with Gasteiger partial charge in [0.25, 0.3) is 5.91 Å². The largest absolute Gasteiger partial charge is 0.346 e. The van der Waals surface area contributed by atoms with Crippen molar-refractivity contribution >= 4 is 17.2 Å². The molecule has 1 aromatic carbocycles. The molecule has 0 radical (unpaired) electrons. The molecule has 1 aliphatic rings. The highest BCUT2D eigenvalue weighted by atomic mass is 32.1. The zero-order valence-electron chi connectivity index (χ0n) is 13.3. The molecule has 6 nitrogen and oxygen atoms in total. The Morgan fingerprint density at radius 2 is 2.17 bits per heavy atom. The minimum absolute atomic E-state index is 0.0522. The molecule has 0 spiro atoms. The molecule has 0 saturated heterocycles. The summed E-state index contributed by atoms with van der Waals surface area (Å²) in [6, 6.07) is 9.93. The summed E-state index contributed by atoms with van der Waals surface area (Å²) in [5, 5.41) is 7.48. The van der Waals surface area contributed by atoms with Crippen LogP contribution in [0.2, 0.25) is 0 Å². The van der Waals surface area contributed by atoms with Crippen LogP contribution in [-0.2, 0) is 13.0 Å². The number of aromatic nitrogens is 4. The summed E-state index contributed by atoms with van der Waals surface area (Å²) in [5.74, 6) is 1.65. The van der Waals surface area contributed by atoms with Gasteiger partial charge in [-0.1, -0.05) is 30.3 Å². The summed E-state index contributed by atoms with van der Waals surface area (Å²) in [6.07, 6.45) is 1.70. The standard InChI is InChI=1S/C17H17N5OS/c1-11-19-14-8-7-13(9-22(14)21-11)20-17(23)15-16(24-10-18-15)12-5-3-2-4-6-12/h2-6,10,13H,7-9H2,1H3,(H,20,23)/t13-/m1/s1. The molecular weight excluding hydrogens is 322 g/mol. The average molecular weight is 339 g/mol. The Hall–Kier alpha value is -2.54. The van der Waals surface area contributed by atoms with Crippen LogP contribution in [0.3, 0.4) is 0 Å². The van der Waals surface area contributed by atoms with Crippen LogP contribution >= 0.6 is 11.3 Å². The lowest BCUT2D eigenvalue weighted by molar-refractivity contribution is 0.0922. The summed E-state index contributed by atoms with van der Waals surface area (Å²) in [4.78, 5) is 22.3. The zero-order valence-corrected chi connectivity index (χ0v) is 14.1. The van der Waals surface area contributed by atoms with Crippen LogP contribution in [-0.4, -0.2) is 31.7 Å². The molecule has 1 atom stereocenters. The maximum Gasteiger partial charge on any atom is 0.271 e. The van der Waals surface area contributed by atoms with Crippen molar-refractivity contribution in [3.8, 4) is 10.4 Å². The lowest BCUT2D eigenvalue weighted by Crippen LogP contribution is -2.41. The topological polar surface area (TPSA) is 72.7 Å². The second kappa shape index (κ2) is 6.16. The van der Waals surface area contributed by atoms with Crippen LogP contribution in [0.15, 0.2) is 35.8 Å². The van der Waals surface area contributed by atoms with E-state index in [0.717, 1.165) is 34.9 Å². The number of benzene rings is 1. The van der Waals surface area contributed by atoms with E-state index in [4.69, 9.17) is 0 Å². The minimum atomic E-state index is -0.125. The van der Waals surface area contributed by atoms with Gasteiger partial charge in [0.05, 0.1) is 16.9 Å². The van der Waals surface area contributed by atoms with E-state index in [0.29, 0.717) is 12.2 Å². The molecule has 1 N–H and O–H groups in total. The molecule has 7 heteroatoms. The van der Waals surface area contributed by atoms with E-state index in [1.54, 1.807) is 5.51 Å². The highest BCUT2D eigenvalue weighted by Crippen LogP contribution is 2.27. The summed E-state index contributed by atoms with van der Waals surface area (Å²) >= 11 is 1.49. The number of nitrogens with zero attached hydrogens (tertiary/aromatic N) is 4. The van der Waals surface area contributed by atoms with Gasteiger partial charge in [0.1, 0.15) is 17.3 Å². The zero-order chi connectivity index (χ0) is 16.5. The number of amides is 1. The number of carbonyl (C=O) groups excluding carboxylic acids is 1. The van der Waals surface area contributed by atoms with Crippen molar-refractivity contribution in [3.63, 3.8) is 0 Å². The monoisotopic (exact) mass is 339 g/mol. The fourth-order valence-corrected chi connectivity index (χ4v) is 3.80. The molecule has 1 amide bonds.